The topological polar surface area (TPSA) is 52.6 Å². The van der Waals surface area contributed by atoms with Crippen LogP contribution in [0.1, 0.15) is 11.1 Å². The van der Waals surface area contributed by atoms with E-state index >= 15 is 0 Å². The first-order valence-corrected chi connectivity index (χ1v) is 9.27. The van der Waals surface area contributed by atoms with E-state index in [2.05, 4.69) is 5.82 Å². The van der Waals surface area contributed by atoms with Crippen LogP contribution in [-0.4, -0.2) is 41.1 Å². The van der Waals surface area contributed by atoms with E-state index in [1.165, 1.54) is 19.8 Å². The van der Waals surface area contributed by atoms with E-state index in [9.17, 15) is 9.59 Å². The van der Waals surface area contributed by atoms with E-state index in [1.54, 1.807) is 0 Å². The molecule has 1 aromatic rings. The van der Waals surface area contributed by atoms with Crippen molar-refractivity contribution >= 4 is 26.9 Å². The number of hydrogen-bond donors (Lipinski definition) is 0. The Morgan fingerprint density at radius 3 is 2.15 bits per heavy atom. The molecule has 0 aliphatic rings. The summed E-state index contributed by atoms with van der Waals surface area (Å²) in [6.45, 7) is 0. The van der Waals surface area contributed by atoms with Crippen LogP contribution in [0.5, 0.6) is 0 Å². The number of carbonyl (C=O) groups is 2. The molecule has 1 aromatic carbocycles. The van der Waals surface area contributed by atoms with Crippen LogP contribution in [0.25, 0.3) is 0 Å². The molecule has 4 nitrogen and oxygen atoms in total. The van der Waals surface area contributed by atoms with E-state index < -0.39 is 17.9 Å². The van der Waals surface area contributed by atoms with Gasteiger partial charge in [0, 0.05) is 0 Å². The average Bonchev–Trinajstić information content (AvgIpc) is 2.49. The van der Waals surface area contributed by atoms with Crippen molar-refractivity contribution in [3.63, 3.8) is 0 Å². The summed E-state index contributed by atoms with van der Waals surface area (Å²) < 4.78 is 9.38. The van der Waals surface area contributed by atoms with E-state index in [0.29, 0.717) is 21.4 Å². The third kappa shape index (κ3) is 4.66. The Labute approximate surface area is 126 Å². The first-order chi connectivity index (χ1) is 9.63. The first kappa shape index (κ1) is 16.7. The third-order valence-corrected chi connectivity index (χ3v) is 4.37. The summed E-state index contributed by atoms with van der Waals surface area (Å²) in [6, 6.07) is 7.90. The summed E-state index contributed by atoms with van der Waals surface area (Å²) in [7, 11) is 2.56. The predicted molar refractivity (Wildman–Crippen MR) is 77.8 cm³/mol. The number of methoxy groups -OCH3 is 2. The third-order valence-electron chi connectivity index (χ3n) is 3.09. The zero-order valence-electron chi connectivity index (χ0n) is 12.0. The normalized spacial score (nSPS) is 10.4. The molecule has 0 fully saturated rings. The van der Waals surface area contributed by atoms with Crippen LogP contribution in [0.15, 0.2) is 24.3 Å². The second-order valence-electron chi connectivity index (χ2n) is 4.31. The Hall–Kier alpha value is -1.32. The minimum atomic E-state index is -0.890. The molecule has 0 radical (unpaired) electrons. The van der Waals surface area contributed by atoms with Gasteiger partial charge in [0.1, 0.15) is 0 Å². The van der Waals surface area contributed by atoms with Gasteiger partial charge >= 0.3 is 125 Å². The average molecular weight is 343 g/mol. The molecule has 0 heterocycles. The van der Waals surface area contributed by atoms with Crippen molar-refractivity contribution in [3.8, 4) is 0 Å². The van der Waals surface area contributed by atoms with E-state index in [1.807, 2.05) is 24.3 Å². The molecule has 0 unspecified atom stereocenters. The molecular formula is C15H20O4Se. The molecule has 5 heteroatoms. The second kappa shape index (κ2) is 8.77. The molecule has 1 rings (SSSR count). The Balaban J connectivity index is 2.92. The number of benzene rings is 1. The molecule has 0 saturated heterocycles. The van der Waals surface area contributed by atoms with Crippen molar-refractivity contribution in [2.24, 2.45) is 5.92 Å². The van der Waals surface area contributed by atoms with Crippen molar-refractivity contribution in [1.29, 1.82) is 0 Å². The monoisotopic (exact) mass is 344 g/mol. The zero-order chi connectivity index (χ0) is 15.0. The fourth-order valence-electron chi connectivity index (χ4n) is 1.98. The maximum atomic E-state index is 11.7. The molecule has 0 aliphatic heterocycles. The molecule has 0 spiro atoms. The van der Waals surface area contributed by atoms with Gasteiger partial charge in [-0.25, -0.2) is 0 Å². The molecule has 0 bridgehead atoms. The summed E-state index contributed by atoms with van der Waals surface area (Å²) in [5.74, 6) is 0.206. The quantitative estimate of drug-likeness (QED) is 0.431. The Bertz CT molecular complexity index is 443. The Kier molecular flexibility index (Phi) is 7.34. The molecule has 0 N–H and O–H groups in total. The van der Waals surface area contributed by atoms with Crippen molar-refractivity contribution in [3.05, 3.63) is 35.4 Å². The van der Waals surface area contributed by atoms with Gasteiger partial charge in [-0.05, 0) is 0 Å². The second-order valence-corrected chi connectivity index (χ2v) is 6.38. The SMILES string of the molecule is COC(=O)C(Cc1ccccc1CC[Se]C)C(=O)OC. The fourth-order valence-corrected chi connectivity index (χ4v) is 2.87. The minimum absolute atomic E-state index is 0.326. The molecule has 0 saturated carbocycles. The van der Waals surface area contributed by atoms with Crippen LogP contribution in [0.4, 0.5) is 0 Å². The predicted octanol–water partition coefficient (Wildman–Crippen LogP) is 1.90. The van der Waals surface area contributed by atoms with Crippen LogP contribution >= 0.6 is 0 Å². The van der Waals surface area contributed by atoms with E-state index in [4.69, 9.17) is 9.47 Å². The van der Waals surface area contributed by atoms with Gasteiger partial charge in [0.15, 0.2) is 0 Å². The van der Waals surface area contributed by atoms with Crippen LogP contribution in [-0.2, 0) is 31.9 Å². The van der Waals surface area contributed by atoms with Crippen LogP contribution in [0.3, 0.4) is 0 Å². The number of esters is 2. The first-order valence-electron chi connectivity index (χ1n) is 6.35. The molecule has 110 valence electrons. The van der Waals surface area contributed by atoms with Crippen LogP contribution in [0.2, 0.25) is 11.1 Å². The van der Waals surface area contributed by atoms with Gasteiger partial charge in [0.2, 0.25) is 0 Å². The number of aryl methyl sites for hydroxylation is 1. The van der Waals surface area contributed by atoms with Crippen molar-refractivity contribution in [2.75, 3.05) is 14.2 Å². The number of carbonyl (C=O) groups excluding carboxylic acids is 2. The van der Waals surface area contributed by atoms with Gasteiger partial charge in [-0.3, -0.25) is 0 Å². The van der Waals surface area contributed by atoms with E-state index in [0.717, 1.165) is 17.3 Å². The summed E-state index contributed by atoms with van der Waals surface area (Å²) in [4.78, 5) is 23.4. The molecular weight excluding hydrogens is 323 g/mol. The number of rotatable bonds is 7. The molecule has 0 atom stereocenters. The Morgan fingerprint density at radius 2 is 1.65 bits per heavy atom. The standard InChI is InChI=1S/C15H20O4Se/c1-18-14(16)13(15(17)19-2)10-12-7-5-4-6-11(12)8-9-20-3/h4-7,13H,8-10H2,1-3H3. The molecule has 20 heavy (non-hydrogen) atoms. The van der Waals surface area contributed by atoms with Crippen molar-refractivity contribution in [1.82, 2.24) is 0 Å². The maximum absolute atomic E-state index is 11.7. The Morgan fingerprint density at radius 1 is 1.10 bits per heavy atom. The molecule has 0 aromatic heterocycles. The molecule has 0 amide bonds. The van der Waals surface area contributed by atoms with Gasteiger partial charge < -0.3 is 0 Å². The number of hydrogen-bond acceptors (Lipinski definition) is 4. The summed E-state index contributed by atoms with van der Waals surface area (Å²) in [6.07, 6.45) is 1.30. The van der Waals surface area contributed by atoms with Gasteiger partial charge in [-0.15, -0.1) is 0 Å². The van der Waals surface area contributed by atoms with Crippen molar-refractivity contribution in [2.45, 2.75) is 24.0 Å². The van der Waals surface area contributed by atoms with Gasteiger partial charge in [0.25, 0.3) is 0 Å². The zero-order valence-corrected chi connectivity index (χ0v) is 13.8. The van der Waals surface area contributed by atoms with Crippen LogP contribution < -0.4 is 0 Å². The van der Waals surface area contributed by atoms with Crippen LogP contribution in [0, 0.1) is 5.92 Å². The number of ether oxygens (including phenoxy) is 2. The van der Waals surface area contributed by atoms with Gasteiger partial charge in [-0.1, -0.05) is 0 Å². The van der Waals surface area contributed by atoms with Gasteiger partial charge in [0.05, 0.1) is 0 Å². The summed E-state index contributed by atoms with van der Waals surface area (Å²) in [5, 5.41) is 1.14. The van der Waals surface area contributed by atoms with Gasteiger partial charge in [-0.2, -0.15) is 0 Å². The fraction of sp³-hybridized carbons (Fsp3) is 0.467. The summed E-state index contributed by atoms with van der Waals surface area (Å²) in [5.41, 5.74) is 2.20. The van der Waals surface area contributed by atoms with Crippen molar-refractivity contribution < 1.29 is 19.1 Å². The summed E-state index contributed by atoms with van der Waals surface area (Å²) >= 11 is 0.608. The van der Waals surface area contributed by atoms with E-state index in [-0.39, 0.29) is 0 Å². The molecule has 0 aliphatic carbocycles.